The van der Waals surface area contributed by atoms with Gasteiger partial charge in [-0.15, -0.1) is 0 Å². The number of ether oxygens (including phenoxy) is 1. The summed E-state index contributed by atoms with van der Waals surface area (Å²) in [7, 11) is 1.71. The number of methoxy groups -OCH3 is 1. The lowest BCUT2D eigenvalue weighted by Gasteiger charge is -2.59. The maximum absolute atomic E-state index is 11.0. The van der Waals surface area contributed by atoms with Crippen LogP contribution in [-0.4, -0.2) is 35.1 Å². The lowest BCUT2D eigenvalue weighted by Crippen LogP contribution is -2.53. The summed E-state index contributed by atoms with van der Waals surface area (Å²) >= 11 is 0. The van der Waals surface area contributed by atoms with Gasteiger partial charge in [-0.05, 0) is 118 Å². The van der Waals surface area contributed by atoms with Crippen LogP contribution in [-0.2, 0) is 4.74 Å². The molecule has 0 amide bonds. The highest BCUT2D eigenvalue weighted by molar-refractivity contribution is 5.27. The van der Waals surface area contributed by atoms with Crippen LogP contribution < -0.4 is 0 Å². The topological polar surface area (TPSA) is 49.7 Å². The molecule has 4 rings (SSSR count). The second-order valence-electron chi connectivity index (χ2n) is 13.2. The van der Waals surface area contributed by atoms with E-state index in [0.29, 0.717) is 17.9 Å². The standard InChI is InChI=1S/C28H48O3/c1-19(11-13-25(2,3)29)22-9-10-23-21-8-7-20-17-28(30,18-31-6)16-15-26(20,4)24(21)12-14-27(22,23)5/h7,19,21-24,29-30H,8-18H2,1-6H3. The number of hydrogen-bond donors (Lipinski definition) is 2. The first-order valence-electron chi connectivity index (χ1n) is 13.1. The van der Waals surface area contributed by atoms with Crippen molar-refractivity contribution < 1.29 is 14.9 Å². The van der Waals surface area contributed by atoms with Gasteiger partial charge in [-0.25, -0.2) is 0 Å². The van der Waals surface area contributed by atoms with Crippen molar-refractivity contribution in [3.05, 3.63) is 11.6 Å². The molecule has 0 aromatic heterocycles. The van der Waals surface area contributed by atoms with Crippen molar-refractivity contribution >= 4 is 0 Å². The van der Waals surface area contributed by atoms with E-state index in [2.05, 4.69) is 26.8 Å². The van der Waals surface area contributed by atoms with Gasteiger partial charge in [0, 0.05) is 7.11 Å². The van der Waals surface area contributed by atoms with Crippen molar-refractivity contribution in [2.75, 3.05) is 13.7 Å². The van der Waals surface area contributed by atoms with Crippen LogP contribution in [0.4, 0.5) is 0 Å². The zero-order valence-electron chi connectivity index (χ0n) is 21.0. The second kappa shape index (κ2) is 8.13. The molecular formula is C28H48O3. The molecule has 31 heavy (non-hydrogen) atoms. The third kappa shape index (κ3) is 4.17. The van der Waals surface area contributed by atoms with Gasteiger partial charge in [0.1, 0.15) is 0 Å². The van der Waals surface area contributed by atoms with Crippen molar-refractivity contribution in [1.82, 2.24) is 0 Å². The third-order valence-electron chi connectivity index (χ3n) is 10.6. The SMILES string of the molecule is COCC1(O)CCC2(C)C(=CCC3C2CCC2(C)C(C(C)CCC(C)(C)O)CCC32)C1. The van der Waals surface area contributed by atoms with E-state index >= 15 is 0 Å². The first-order chi connectivity index (χ1) is 14.4. The fourth-order valence-corrected chi connectivity index (χ4v) is 8.86. The summed E-state index contributed by atoms with van der Waals surface area (Å²) in [5, 5.41) is 21.3. The Hall–Kier alpha value is -0.380. The van der Waals surface area contributed by atoms with Crippen molar-refractivity contribution in [3.63, 3.8) is 0 Å². The second-order valence-corrected chi connectivity index (χ2v) is 13.2. The van der Waals surface area contributed by atoms with Crippen LogP contribution in [0, 0.1) is 40.4 Å². The van der Waals surface area contributed by atoms with Gasteiger partial charge < -0.3 is 14.9 Å². The molecular weight excluding hydrogens is 384 g/mol. The van der Waals surface area contributed by atoms with E-state index < -0.39 is 11.2 Å². The maximum Gasteiger partial charge on any atom is 0.0917 e. The molecule has 0 saturated heterocycles. The number of aliphatic hydroxyl groups is 2. The van der Waals surface area contributed by atoms with E-state index in [1.165, 1.54) is 37.7 Å². The molecule has 3 nitrogen and oxygen atoms in total. The van der Waals surface area contributed by atoms with Crippen LogP contribution in [0.1, 0.15) is 98.8 Å². The zero-order chi connectivity index (χ0) is 22.7. The van der Waals surface area contributed by atoms with Gasteiger partial charge in [-0.3, -0.25) is 0 Å². The quantitative estimate of drug-likeness (QED) is 0.496. The van der Waals surface area contributed by atoms with E-state index in [0.717, 1.165) is 55.8 Å². The molecule has 0 bridgehead atoms. The van der Waals surface area contributed by atoms with Crippen LogP contribution >= 0.6 is 0 Å². The minimum Gasteiger partial charge on any atom is -0.390 e. The Labute approximate surface area is 191 Å². The summed E-state index contributed by atoms with van der Waals surface area (Å²) in [6.45, 7) is 12.0. The summed E-state index contributed by atoms with van der Waals surface area (Å²) in [5.74, 6) is 3.94. The molecule has 0 aromatic rings. The van der Waals surface area contributed by atoms with E-state index in [1.807, 2.05) is 13.8 Å². The van der Waals surface area contributed by atoms with Gasteiger partial charge in [0.15, 0.2) is 0 Å². The van der Waals surface area contributed by atoms with Crippen LogP contribution in [0.25, 0.3) is 0 Å². The van der Waals surface area contributed by atoms with Gasteiger partial charge in [-0.1, -0.05) is 32.4 Å². The summed E-state index contributed by atoms with van der Waals surface area (Å²) in [6, 6.07) is 0. The van der Waals surface area contributed by atoms with Crippen molar-refractivity contribution in [1.29, 1.82) is 0 Å². The molecule has 178 valence electrons. The summed E-state index contributed by atoms with van der Waals surface area (Å²) in [5.41, 5.74) is 1.05. The Balaban J connectivity index is 1.51. The predicted molar refractivity (Wildman–Crippen MR) is 127 cm³/mol. The summed E-state index contributed by atoms with van der Waals surface area (Å²) < 4.78 is 5.36. The van der Waals surface area contributed by atoms with Crippen LogP contribution in [0.3, 0.4) is 0 Å². The molecule has 0 heterocycles. The van der Waals surface area contributed by atoms with Crippen molar-refractivity contribution in [2.45, 2.75) is 110 Å². The van der Waals surface area contributed by atoms with Gasteiger partial charge in [0.2, 0.25) is 0 Å². The molecule has 0 spiro atoms. The number of rotatable bonds is 6. The molecule has 4 aliphatic rings. The van der Waals surface area contributed by atoms with E-state index in [9.17, 15) is 10.2 Å². The molecule has 4 aliphatic carbocycles. The predicted octanol–water partition coefficient (Wildman–Crippen LogP) is 6.13. The Morgan fingerprint density at radius 2 is 1.87 bits per heavy atom. The lowest BCUT2D eigenvalue weighted by atomic mass is 9.46. The summed E-state index contributed by atoms with van der Waals surface area (Å²) in [6.07, 6.45) is 14.1. The molecule has 8 unspecified atom stereocenters. The molecule has 3 heteroatoms. The van der Waals surface area contributed by atoms with Crippen LogP contribution in [0.2, 0.25) is 0 Å². The average Bonchev–Trinajstić information content (AvgIpc) is 3.04. The van der Waals surface area contributed by atoms with Gasteiger partial charge in [0.25, 0.3) is 0 Å². The molecule has 2 N–H and O–H groups in total. The largest absolute Gasteiger partial charge is 0.390 e. The van der Waals surface area contributed by atoms with Crippen LogP contribution in [0.5, 0.6) is 0 Å². The highest BCUT2D eigenvalue weighted by Crippen LogP contribution is 2.67. The Morgan fingerprint density at radius 1 is 1.13 bits per heavy atom. The monoisotopic (exact) mass is 432 g/mol. The van der Waals surface area contributed by atoms with Gasteiger partial charge in [0.05, 0.1) is 17.8 Å². The molecule has 0 radical (unpaired) electrons. The highest BCUT2D eigenvalue weighted by atomic mass is 16.5. The maximum atomic E-state index is 11.0. The Bertz CT molecular complexity index is 693. The Morgan fingerprint density at radius 3 is 2.55 bits per heavy atom. The third-order valence-corrected chi connectivity index (χ3v) is 10.6. The fraction of sp³-hybridized carbons (Fsp3) is 0.929. The minimum atomic E-state index is -0.662. The number of allylic oxidation sites excluding steroid dienone is 1. The normalized spacial score (nSPS) is 46.0. The molecule has 8 atom stereocenters. The van der Waals surface area contributed by atoms with E-state index in [1.54, 1.807) is 7.11 Å². The molecule has 0 aromatic carbocycles. The highest BCUT2D eigenvalue weighted by Gasteiger charge is 2.59. The van der Waals surface area contributed by atoms with Gasteiger partial charge in [-0.2, -0.15) is 0 Å². The zero-order valence-corrected chi connectivity index (χ0v) is 21.0. The van der Waals surface area contributed by atoms with E-state index in [4.69, 9.17) is 4.74 Å². The fourth-order valence-electron chi connectivity index (χ4n) is 8.86. The van der Waals surface area contributed by atoms with Crippen LogP contribution in [0.15, 0.2) is 11.6 Å². The van der Waals surface area contributed by atoms with E-state index in [-0.39, 0.29) is 5.41 Å². The van der Waals surface area contributed by atoms with Crippen molar-refractivity contribution in [2.24, 2.45) is 40.4 Å². The molecule has 0 aliphatic heterocycles. The molecule has 3 saturated carbocycles. The first kappa shape index (κ1) is 23.8. The first-order valence-corrected chi connectivity index (χ1v) is 13.1. The lowest BCUT2D eigenvalue weighted by molar-refractivity contribution is -0.0934. The van der Waals surface area contributed by atoms with Gasteiger partial charge >= 0.3 is 0 Å². The summed E-state index contributed by atoms with van der Waals surface area (Å²) in [4.78, 5) is 0. The number of hydrogen-bond acceptors (Lipinski definition) is 3. The minimum absolute atomic E-state index is 0.273. The Kier molecular flexibility index (Phi) is 6.24. The smallest absolute Gasteiger partial charge is 0.0917 e. The van der Waals surface area contributed by atoms with Crippen molar-refractivity contribution in [3.8, 4) is 0 Å². The molecule has 3 fully saturated rings. The number of fused-ring (bicyclic) bond motifs is 5. The average molecular weight is 433 g/mol.